The zero-order valence-electron chi connectivity index (χ0n) is 10.3. The molecule has 0 radical (unpaired) electrons. The topological polar surface area (TPSA) is 49.4 Å². The smallest absolute Gasteiger partial charge is 0.134 e. The van der Waals surface area contributed by atoms with Gasteiger partial charge in [0.25, 0.3) is 0 Å². The van der Waals surface area contributed by atoms with Crippen LogP contribution in [0.1, 0.15) is 59.8 Å². The largest absolute Gasteiger partial charge is 0.200 e. The third kappa shape index (κ3) is 2.83. The monoisotopic (exact) mass is 210 g/mol. The second kappa shape index (κ2) is 4.81. The molecule has 0 N–H and O–H groups in total. The van der Waals surface area contributed by atoms with Crippen molar-refractivity contribution in [3.63, 3.8) is 0 Å². The Bertz CT molecular complexity index is 238. The maximum absolute atomic E-state index is 4.23. The molecule has 0 spiro atoms. The predicted octanol–water partition coefficient (Wildman–Crippen LogP) is 4.53. The van der Waals surface area contributed by atoms with Crippen LogP contribution in [0.5, 0.6) is 0 Å². The minimum absolute atomic E-state index is 0.00269. The molecule has 0 aromatic heterocycles. The van der Waals surface area contributed by atoms with Crippen LogP contribution < -0.4 is 0 Å². The van der Waals surface area contributed by atoms with E-state index < -0.39 is 5.66 Å². The summed E-state index contributed by atoms with van der Waals surface area (Å²) in [6, 6.07) is 0. The van der Waals surface area contributed by atoms with E-state index >= 15 is 0 Å². The summed E-state index contributed by atoms with van der Waals surface area (Å²) < 4.78 is 0. The van der Waals surface area contributed by atoms with Crippen molar-refractivity contribution in [2.75, 3.05) is 0 Å². The van der Waals surface area contributed by atoms with Gasteiger partial charge in [0.05, 0.1) is 0 Å². The first-order chi connectivity index (χ1) is 7.02. The van der Waals surface area contributed by atoms with E-state index in [2.05, 4.69) is 48.4 Å². The van der Waals surface area contributed by atoms with Crippen LogP contribution in [0.15, 0.2) is 20.7 Å². The van der Waals surface area contributed by atoms with Gasteiger partial charge < -0.3 is 0 Å². The molecule has 1 heterocycles. The summed E-state index contributed by atoms with van der Waals surface area (Å²) in [5, 5.41) is 15.8. The van der Waals surface area contributed by atoms with Crippen LogP contribution in [0.4, 0.5) is 0 Å². The zero-order chi connectivity index (χ0) is 11.4. The third-order valence-corrected chi connectivity index (χ3v) is 3.04. The molecule has 4 nitrogen and oxygen atoms in total. The van der Waals surface area contributed by atoms with Crippen molar-refractivity contribution in [3.8, 4) is 0 Å². The van der Waals surface area contributed by atoms with E-state index in [1.807, 2.05) is 0 Å². The summed E-state index contributed by atoms with van der Waals surface area (Å²) in [5.41, 5.74) is -0.399. The van der Waals surface area contributed by atoms with Crippen LogP contribution in [0.3, 0.4) is 0 Å². The number of nitrogens with zero attached hydrogens (tertiary/aromatic N) is 4. The second-order valence-corrected chi connectivity index (χ2v) is 5.26. The molecule has 0 fully saturated rings. The van der Waals surface area contributed by atoms with Gasteiger partial charge in [0.15, 0.2) is 5.66 Å². The third-order valence-electron chi connectivity index (χ3n) is 3.04. The second-order valence-electron chi connectivity index (χ2n) is 5.26. The lowest BCUT2D eigenvalue weighted by Gasteiger charge is -2.33. The van der Waals surface area contributed by atoms with Crippen LogP contribution >= 0.6 is 0 Å². The first kappa shape index (κ1) is 12.3. The summed E-state index contributed by atoms with van der Waals surface area (Å²) >= 11 is 0. The first-order valence-corrected chi connectivity index (χ1v) is 5.86. The van der Waals surface area contributed by atoms with Gasteiger partial charge in [-0.3, -0.25) is 0 Å². The van der Waals surface area contributed by atoms with E-state index in [9.17, 15) is 0 Å². The Labute approximate surface area is 92.2 Å². The number of hydrogen-bond acceptors (Lipinski definition) is 4. The van der Waals surface area contributed by atoms with Crippen LogP contribution in [0, 0.1) is 5.41 Å². The molecule has 0 saturated carbocycles. The summed E-state index contributed by atoms with van der Waals surface area (Å²) in [5.74, 6) is 0. The van der Waals surface area contributed by atoms with Crippen molar-refractivity contribution < 1.29 is 0 Å². The van der Waals surface area contributed by atoms with Crippen molar-refractivity contribution in [2.45, 2.75) is 65.5 Å². The lowest BCUT2D eigenvalue weighted by Crippen LogP contribution is -2.37. The Kier molecular flexibility index (Phi) is 3.94. The fourth-order valence-corrected chi connectivity index (χ4v) is 1.78. The molecule has 0 unspecified atom stereocenters. The molecule has 1 aliphatic rings. The van der Waals surface area contributed by atoms with Crippen molar-refractivity contribution >= 4 is 0 Å². The van der Waals surface area contributed by atoms with Gasteiger partial charge in [0.2, 0.25) is 0 Å². The van der Waals surface area contributed by atoms with Crippen LogP contribution in [-0.4, -0.2) is 5.66 Å². The van der Waals surface area contributed by atoms with E-state index in [0.29, 0.717) is 0 Å². The number of hydrogen-bond donors (Lipinski definition) is 0. The van der Waals surface area contributed by atoms with Crippen molar-refractivity contribution in [2.24, 2.45) is 26.1 Å². The molecule has 86 valence electrons. The highest BCUT2D eigenvalue weighted by atomic mass is 15.6. The predicted molar refractivity (Wildman–Crippen MR) is 60.7 cm³/mol. The highest BCUT2D eigenvalue weighted by Gasteiger charge is 2.44. The van der Waals surface area contributed by atoms with Crippen LogP contribution in [0.2, 0.25) is 0 Å². The molecular formula is C11H22N4. The van der Waals surface area contributed by atoms with Crippen molar-refractivity contribution in [1.82, 2.24) is 0 Å². The fraction of sp³-hybridized carbons (Fsp3) is 1.00. The molecular weight excluding hydrogens is 188 g/mol. The van der Waals surface area contributed by atoms with Gasteiger partial charge in [-0.1, -0.05) is 47.0 Å². The fourth-order valence-electron chi connectivity index (χ4n) is 1.78. The van der Waals surface area contributed by atoms with Gasteiger partial charge in [0.1, 0.15) is 0 Å². The molecule has 0 bridgehead atoms. The average molecular weight is 210 g/mol. The molecule has 0 aromatic carbocycles. The minimum atomic E-state index is -0.402. The van der Waals surface area contributed by atoms with Crippen molar-refractivity contribution in [1.29, 1.82) is 0 Å². The van der Waals surface area contributed by atoms with Crippen molar-refractivity contribution in [3.05, 3.63) is 0 Å². The standard InChI is InChI=1S/C11H22N4/c1-5-6-7-8-9-11(10(2,3)4)12-14-15-13-11/h5-9H2,1-4H3. The maximum atomic E-state index is 4.23. The summed E-state index contributed by atoms with van der Waals surface area (Å²) in [6.45, 7) is 8.66. The number of rotatable bonds is 5. The quantitative estimate of drug-likeness (QED) is 0.598. The summed E-state index contributed by atoms with van der Waals surface area (Å²) in [4.78, 5) is 0. The molecule has 15 heavy (non-hydrogen) atoms. The molecule has 1 aliphatic heterocycles. The van der Waals surface area contributed by atoms with Gasteiger partial charge in [-0.05, 0) is 23.3 Å². The zero-order valence-corrected chi connectivity index (χ0v) is 10.3. The molecule has 0 atom stereocenters. The van der Waals surface area contributed by atoms with E-state index in [0.717, 1.165) is 12.8 Å². The minimum Gasteiger partial charge on any atom is -0.134 e. The van der Waals surface area contributed by atoms with Gasteiger partial charge in [0, 0.05) is 5.41 Å². The van der Waals surface area contributed by atoms with E-state index in [4.69, 9.17) is 0 Å². The van der Waals surface area contributed by atoms with Gasteiger partial charge in [-0.25, -0.2) is 0 Å². The lowest BCUT2D eigenvalue weighted by atomic mass is 9.78. The SMILES string of the molecule is CCCCCCC1(C(C)(C)C)N=NN=N1. The highest BCUT2D eigenvalue weighted by molar-refractivity contribution is 4.95. The number of unbranched alkanes of at least 4 members (excludes halogenated alkanes) is 3. The van der Waals surface area contributed by atoms with Gasteiger partial charge in [-0.15, -0.1) is 10.2 Å². The lowest BCUT2D eigenvalue weighted by molar-refractivity contribution is 0.177. The van der Waals surface area contributed by atoms with E-state index in [1.54, 1.807) is 0 Å². The molecule has 0 aliphatic carbocycles. The summed E-state index contributed by atoms with van der Waals surface area (Å²) in [7, 11) is 0. The first-order valence-electron chi connectivity index (χ1n) is 5.86. The van der Waals surface area contributed by atoms with Gasteiger partial charge in [-0.2, -0.15) is 0 Å². The highest BCUT2D eigenvalue weighted by Crippen LogP contribution is 2.42. The Morgan fingerprint density at radius 2 is 1.53 bits per heavy atom. The van der Waals surface area contributed by atoms with Crippen LogP contribution in [0.25, 0.3) is 0 Å². The van der Waals surface area contributed by atoms with E-state index in [1.165, 1.54) is 19.3 Å². The summed E-state index contributed by atoms with van der Waals surface area (Å²) in [6.07, 6.45) is 5.91. The normalized spacial score (nSPS) is 18.7. The molecule has 4 heteroatoms. The van der Waals surface area contributed by atoms with Gasteiger partial charge >= 0.3 is 0 Å². The molecule has 0 amide bonds. The Morgan fingerprint density at radius 1 is 0.933 bits per heavy atom. The Morgan fingerprint density at radius 3 is 2.00 bits per heavy atom. The molecule has 1 rings (SSSR count). The Hall–Kier alpha value is -0.800. The molecule has 0 saturated heterocycles. The van der Waals surface area contributed by atoms with E-state index in [-0.39, 0.29) is 5.41 Å². The molecule has 0 aromatic rings. The van der Waals surface area contributed by atoms with Crippen LogP contribution in [-0.2, 0) is 0 Å². The average Bonchev–Trinajstić information content (AvgIpc) is 2.61. The maximum Gasteiger partial charge on any atom is 0.200 e. The Balaban J connectivity index is 2.53.